The van der Waals surface area contributed by atoms with E-state index in [4.69, 9.17) is 16.3 Å². The van der Waals surface area contributed by atoms with Crippen LogP contribution in [-0.2, 0) is 12.8 Å². The predicted octanol–water partition coefficient (Wildman–Crippen LogP) is 7.26. The Kier molecular flexibility index (Phi) is 6.61. The lowest BCUT2D eigenvalue weighted by Crippen LogP contribution is -2.07. The average Bonchev–Trinajstić information content (AvgIpc) is 3.27. The molecule has 176 valence electrons. The molecule has 0 fully saturated rings. The predicted molar refractivity (Wildman–Crippen MR) is 119 cm³/mol. The van der Waals surface area contributed by atoms with Gasteiger partial charge in [-0.2, -0.15) is 13.2 Å². The van der Waals surface area contributed by atoms with E-state index in [0.717, 1.165) is 12.1 Å². The quantitative estimate of drug-likeness (QED) is 0.368. The zero-order valence-corrected chi connectivity index (χ0v) is 18.4. The van der Waals surface area contributed by atoms with Gasteiger partial charge in [0.25, 0.3) is 0 Å². The number of aromatic nitrogens is 1. The van der Waals surface area contributed by atoms with Crippen LogP contribution in [0, 0.1) is 5.82 Å². The fourth-order valence-corrected chi connectivity index (χ4v) is 4.11. The number of pyridine rings is 1. The Bertz CT molecular complexity index is 1290. The number of hydrogen-bond donors (Lipinski definition) is 1. The lowest BCUT2D eigenvalue weighted by Gasteiger charge is -2.17. The molecular weight excluding hydrogens is 474 g/mol. The molecule has 4 rings (SSSR count). The van der Waals surface area contributed by atoms with Gasteiger partial charge in [-0.25, -0.2) is 14.2 Å². The van der Waals surface area contributed by atoms with Gasteiger partial charge in [0.05, 0.1) is 16.3 Å². The van der Waals surface area contributed by atoms with E-state index in [-0.39, 0.29) is 34.2 Å². The van der Waals surface area contributed by atoms with Gasteiger partial charge in [0.1, 0.15) is 18.2 Å². The smallest absolute Gasteiger partial charge is 0.416 e. The first-order valence-corrected chi connectivity index (χ1v) is 10.7. The van der Waals surface area contributed by atoms with Crippen molar-refractivity contribution in [2.45, 2.75) is 32.0 Å². The van der Waals surface area contributed by atoms with Crippen molar-refractivity contribution in [1.82, 2.24) is 4.98 Å². The van der Waals surface area contributed by atoms with Crippen LogP contribution in [0.2, 0.25) is 5.02 Å². The van der Waals surface area contributed by atoms with Gasteiger partial charge in [-0.3, -0.25) is 0 Å². The molecule has 3 aromatic rings. The molecule has 0 spiro atoms. The molecule has 0 aliphatic heterocycles. The summed E-state index contributed by atoms with van der Waals surface area (Å²) in [4.78, 5) is 15.6. The molecular formula is C25H18ClF4NO3. The molecule has 0 radical (unpaired) electrons. The van der Waals surface area contributed by atoms with E-state index >= 15 is 0 Å². The van der Waals surface area contributed by atoms with Gasteiger partial charge in [-0.1, -0.05) is 29.8 Å². The first-order valence-electron chi connectivity index (χ1n) is 10.3. The minimum atomic E-state index is -4.58. The Hall–Kier alpha value is -3.39. The van der Waals surface area contributed by atoms with Crippen molar-refractivity contribution in [3.8, 4) is 5.75 Å². The van der Waals surface area contributed by atoms with Gasteiger partial charge in [0.2, 0.25) is 0 Å². The number of ether oxygens (including phenoxy) is 1. The SMILES string of the molecule is O=C(O)c1nc(C2=C(c3cc(C(F)(F)F)ccc3OCc3ccccc3F)CCC2)ccc1Cl. The summed E-state index contributed by atoms with van der Waals surface area (Å²) >= 11 is 5.92. The number of aromatic carboxylic acids is 1. The van der Waals surface area contributed by atoms with E-state index in [1.54, 1.807) is 12.1 Å². The summed E-state index contributed by atoms with van der Waals surface area (Å²) in [6.45, 7) is -0.171. The first-order chi connectivity index (χ1) is 16.1. The Labute approximate surface area is 197 Å². The van der Waals surface area contributed by atoms with Gasteiger partial charge < -0.3 is 9.84 Å². The minimum Gasteiger partial charge on any atom is -0.488 e. The molecule has 1 heterocycles. The van der Waals surface area contributed by atoms with Crippen LogP contribution in [0.1, 0.15) is 52.1 Å². The molecule has 4 nitrogen and oxygen atoms in total. The largest absolute Gasteiger partial charge is 0.488 e. The van der Waals surface area contributed by atoms with Crippen molar-refractivity contribution in [3.05, 3.63) is 93.5 Å². The van der Waals surface area contributed by atoms with Crippen LogP contribution in [-0.4, -0.2) is 16.1 Å². The summed E-state index contributed by atoms with van der Waals surface area (Å²) in [5.41, 5.74) is 0.807. The molecule has 0 bridgehead atoms. The van der Waals surface area contributed by atoms with Gasteiger partial charge in [0.15, 0.2) is 5.69 Å². The highest BCUT2D eigenvalue weighted by Gasteiger charge is 2.32. The number of alkyl halides is 3. The van der Waals surface area contributed by atoms with Gasteiger partial charge in [0, 0.05) is 11.1 Å². The average molecular weight is 492 g/mol. The summed E-state index contributed by atoms with van der Waals surface area (Å²) in [5.74, 6) is -1.62. The van der Waals surface area contributed by atoms with E-state index < -0.39 is 23.5 Å². The maximum absolute atomic E-state index is 14.0. The molecule has 34 heavy (non-hydrogen) atoms. The Morgan fingerprint density at radius 2 is 1.79 bits per heavy atom. The highest BCUT2D eigenvalue weighted by molar-refractivity contribution is 6.33. The van der Waals surface area contributed by atoms with Crippen LogP contribution < -0.4 is 4.74 Å². The third kappa shape index (κ3) is 4.92. The molecule has 0 atom stereocenters. The number of benzene rings is 2. The highest BCUT2D eigenvalue weighted by Crippen LogP contribution is 2.44. The second-order valence-electron chi connectivity index (χ2n) is 7.73. The van der Waals surface area contributed by atoms with Crippen molar-refractivity contribution in [2.75, 3.05) is 0 Å². The van der Waals surface area contributed by atoms with E-state index in [2.05, 4.69) is 4.98 Å². The summed E-state index contributed by atoms with van der Waals surface area (Å²) in [7, 11) is 0. The van der Waals surface area contributed by atoms with Crippen LogP contribution >= 0.6 is 11.6 Å². The number of nitrogens with zero attached hydrogens (tertiary/aromatic N) is 1. The molecule has 1 N–H and O–H groups in total. The lowest BCUT2D eigenvalue weighted by atomic mass is 9.96. The maximum atomic E-state index is 14.0. The number of hydrogen-bond acceptors (Lipinski definition) is 3. The molecule has 1 aliphatic carbocycles. The van der Waals surface area contributed by atoms with Crippen LogP contribution in [0.4, 0.5) is 17.6 Å². The van der Waals surface area contributed by atoms with E-state index in [9.17, 15) is 27.5 Å². The standard InChI is InChI=1S/C25H18ClF4NO3/c26-19-9-10-21(31-23(19)24(32)33)17-6-3-5-16(17)18-12-15(25(28,29)30)8-11-22(18)34-13-14-4-1-2-7-20(14)27/h1-2,4,7-12H,3,5-6,13H2,(H,32,33). The Balaban J connectivity index is 1.81. The molecule has 0 amide bonds. The van der Waals surface area contributed by atoms with Crippen LogP contribution in [0.15, 0.2) is 54.6 Å². The second-order valence-corrected chi connectivity index (χ2v) is 8.14. The van der Waals surface area contributed by atoms with Crippen molar-refractivity contribution in [2.24, 2.45) is 0 Å². The van der Waals surface area contributed by atoms with Gasteiger partial charge in [-0.15, -0.1) is 0 Å². The summed E-state index contributed by atoms with van der Waals surface area (Å²) in [6, 6.07) is 12.1. The number of carboxylic acids is 1. The molecule has 9 heteroatoms. The monoisotopic (exact) mass is 491 g/mol. The van der Waals surface area contributed by atoms with Crippen LogP contribution in [0.25, 0.3) is 11.1 Å². The molecule has 0 saturated carbocycles. The van der Waals surface area contributed by atoms with E-state index in [1.165, 1.54) is 30.3 Å². The molecule has 0 saturated heterocycles. The Morgan fingerprint density at radius 3 is 2.50 bits per heavy atom. The third-order valence-electron chi connectivity index (χ3n) is 5.55. The number of carboxylic acid groups (broad SMARTS) is 1. The number of carbonyl (C=O) groups is 1. The second kappa shape index (κ2) is 9.46. The highest BCUT2D eigenvalue weighted by atomic mass is 35.5. The van der Waals surface area contributed by atoms with Gasteiger partial charge in [-0.05, 0) is 66.8 Å². The number of allylic oxidation sites excluding steroid dienone is 2. The summed E-state index contributed by atoms with van der Waals surface area (Å²) in [5, 5.41) is 9.31. The molecule has 2 aromatic carbocycles. The van der Waals surface area contributed by atoms with Crippen molar-refractivity contribution in [1.29, 1.82) is 0 Å². The number of halogens is 5. The van der Waals surface area contributed by atoms with Crippen molar-refractivity contribution < 1.29 is 32.2 Å². The first kappa shape index (κ1) is 23.8. The van der Waals surface area contributed by atoms with E-state index in [0.29, 0.717) is 36.1 Å². The topological polar surface area (TPSA) is 59.4 Å². The zero-order valence-electron chi connectivity index (χ0n) is 17.6. The van der Waals surface area contributed by atoms with Crippen molar-refractivity contribution >= 4 is 28.7 Å². The van der Waals surface area contributed by atoms with Crippen LogP contribution in [0.3, 0.4) is 0 Å². The van der Waals surface area contributed by atoms with Gasteiger partial charge >= 0.3 is 12.1 Å². The maximum Gasteiger partial charge on any atom is 0.416 e. The fourth-order valence-electron chi connectivity index (χ4n) is 3.92. The minimum absolute atomic E-state index is 0.0376. The van der Waals surface area contributed by atoms with E-state index in [1.807, 2.05) is 0 Å². The molecule has 1 aliphatic rings. The normalized spacial score (nSPS) is 13.9. The Morgan fingerprint density at radius 1 is 1.06 bits per heavy atom. The molecule has 1 aromatic heterocycles. The summed E-state index contributed by atoms with van der Waals surface area (Å²) in [6.07, 6.45) is -3.00. The fraction of sp³-hybridized carbons (Fsp3) is 0.200. The molecule has 0 unspecified atom stereocenters. The summed E-state index contributed by atoms with van der Waals surface area (Å²) < 4.78 is 60.3. The van der Waals surface area contributed by atoms with Crippen LogP contribution in [0.5, 0.6) is 5.75 Å². The zero-order chi connectivity index (χ0) is 24.5. The lowest BCUT2D eigenvalue weighted by molar-refractivity contribution is -0.137. The van der Waals surface area contributed by atoms with Crippen molar-refractivity contribution in [3.63, 3.8) is 0 Å². The number of rotatable bonds is 6. The third-order valence-corrected chi connectivity index (χ3v) is 5.85.